The van der Waals surface area contributed by atoms with Gasteiger partial charge in [-0.05, 0) is 69.6 Å². The summed E-state index contributed by atoms with van der Waals surface area (Å²) in [5.41, 5.74) is 4.06. The van der Waals surface area contributed by atoms with Crippen molar-refractivity contribution >= 4 is 39.2 Å². The number of nitrogens with zero attached hydrogens (tertiary/aromatic N) is 2. The Morgan fingerprint density at radius 1 is 1.21 bits per heavy atom. The number of likely N-dealkylation sites (tertiary alicyclic amines) is 1. The maximum Gasteiger partial charge on any atom is 0.256 e. The summed E-state index contributed by atoms with van der Waals surface area (Å²) in [6, 6.07) is 4.58. The van der Waals surface area contributed by atoms with Crippen LogP contribution in [0.5, 0.6) is 0 Å². The molecule has 0 atom stereocenters. The van der Waals surface area contributed by atoms with E-state index in [0.717, 1.165) is 29.5 Å². The van der Waals surface area contributed by atoms with Gasteiger partial charge >= 0.3 is 0 Å². The van der Waals surface area contributed by atoms with Crippen LogP contribution in [0.2, 0.25) is 0 Å². The smallest absolute Gasteiger partial charge is 0.256 e. The van der Waals surface area contributed by atoms with Gasteiger partial charge in [0.05, 0.1) is 16.0 Å². The molecule has 0 saturated carbocycles. The van der Waals surface area contributed by atoms with Crippen LogP contribution < -0.4 is 10.6 Å². The Morgan fingerprint density at radius 3 is 2.59 bits per heavy atom. The number of H-pyrrole nitrogens is 1. The largest absolute Gasteiger partial charge is 0.358 e. The molecule has 1 saturated heterocycles. The molecule has 3 heterocycles. The second-order valence-electron chi connectivity index (χ2n) is 8.98. The zero-order valence-electron chi connectivity index (χ0n) is 20.0. The van der Waals surface area contributed by atoms with Gasteiger partial charge in [0.15, 0.2) is 0 Å². The molecule has 0 unspecified atom stereocenters. The van der Waals surface area contributed by atoms with Crippen molar-refractivity contribution in [2.75, 3.05) is 45.6 Å². The average Bonchev–Trinajstić information content (AvgIpc) is 3.47. The predicted molar refractivity (Wildman–Crippen MR) is 132 cm³/mol. The third-order valence-electron chi connectivity index (χ3n) is 6.46. The Kier molecular flexibility index (Phi) is 6.66. The lowest BCUT2D eigenvalue weighted by Gasteiger charge is -2.14. The van der Waals surface area contributed by atoms with E-state index in [1.54, 1.807) is 12.1 Å². The lowest BCUT2D eigenvalue weighted by molar-refractivity contribution is -0.110. The highest BCUT2D eigenvalue weighted by Gasteiger charge is 2.28. The van der Waals surface area contributed by atoms with E-state index < -0.39 is 10.0 Å². The van der Waals surface area contributed by atoms with Crippen molar-refractivity contribution in [3.05, 3.63) is 46.3 Å². The number of hydrogen-bond acceptors (Lipinski definition) is 5. The first-order valence-corrected chi connectivity index (χ1v) is 12.8. The molecule has 0 radical (unpaired) electrons. The van der Waals surface area contributed by atoms with Crippen LogP contribution in [-0.2, 0) is 14.8 Å². The molecule has 182 valence electrons. The molecule has 9 nitrogen and oxygen atoms in total. The molecule has 4 rings (SSSR count). The fraction of sp³-hybridized carbons (Fsp3) is 0.417. The van der Waals surface area contributed by atoms with Crippen LogP contribution >= 0.6 is 0 Å². The number of anilines is 1. The molecule has 0 aliphatic carbocycles. The molecular formula is C24H31N5O4S. The number of carbonyl (C=O) groups excluding carboxylic acids is 2. The number of fused-ring (bicyclic) bond motifs is 1. The van der Waals surface area contributed by atoms with E-state index in [2.05, 4.69) is 20.5 Å². The second-order valence-corrected chi connectivity index (χ2v) is 11.1. The summed E-state index contributed by atoms with van der Waals surface area (Å²) in [6.45, 7) is 7.24. The Bertz CT molecular complexity index is 1270. The highest BCUT2D eigenvalue weighted by molar-refractivity contribution is 7.89. The summed E-state index contributed by atoms with van der Waals surface area (Å²) in [4.78, 5) is 31.2. The topological polar surface area (TPSA) is 115 Å². The third-order valence-corrected chi connectivity index (χ3v) is 8.27. The van der Waals surface area contributed by atoms with Gasteiger partial charge in [-0.2, -0.15) is 0 Å². The summed E-state index contributed by atoms with van der Waals surface area (Å²) in [7, 11) is -0.719. The molecule has 2 aromatic rings. The highest BCUT2D eigenvalue weighted by Crippen LogP contribution is 2.36. The summed E-state index contributed by atoms with van der Waals surface area (Å²) in [5.74, 6) is -0.469. The van der Waals surface area contributed by atoms with E-state index in [9.17, 15) is 18.0 Å². The minimum atomic E-state index is -3.65. The maximum atomic E-state index is 12.9. The molecule has 34 heavy (non-hydrogen) atoms. The first-order chi connectivity index (χ1) is 16.1. The lowest BCUT2D eigenvalue weighted by Crippen LogP contribution is -2.33. The zero-order chi connectivity index (χ0) is 24.6. The van der Waals surface area contributed by atoms with Crippen LogP contribution in [-0.4, -0.2) is 74.7 Å². The number of aryl methyl sites for hydroxylation is 1. The van der Waals surface area contributed by atoms with Crippen LogP contribution in [0.3, 0.4) is 0 Å². The first kappa shape index (κ1) is 24.2. The normalized spacial score (nSPS) is 17.4. The third kappa shape index (κ3) is 4.53. The molecule has 0 spiro atoms. The Morgan fingerprint density at radius 2 is 1.91 bits per heavy atom. The number of benzene rings is 1. The summed E-state index contributed by atoms with van der Waals surface area (Å²) in [5, 5.41) is 5.78. The number of hydrogen-bond donors (Lipinski definition) is 3. The molecule has 2 aliphatic rings. The van der Waals surface area contributed by atoms with Crippen LogP contribution in [0.25, 0.3) is 11.6 Å². The molecule has 3 N–H and O–H groups in total. The summed E-state index contributed by atoms with van der Waals surface area (Å²) < 4.78 is 26.3. The van der Waals surface area contributed by atoms with Gasteiger partial charge < -0.3 is 20.5 Å². The van der Waals surface area contributed by atoms with Gasteiger partial charge in [0, 0.05) is 49.8 Å². The number of sulfonamides is 1. The molecule has 2 amide bonds. The fourth-order valence-electron chi connectivity index (χ4n) is 4.51. The van der Waals surface area contributed by atoms with Crippen molar-refractivity contribution < 1.29 is 18.0 Å². The molecule has 10 heteroatoms. The van der Waals surface area contributed by atoms with Gasteiger partial charge in [-0.15, -0.1) is 0 Å². The van der Waals surface area contributed by atoms with E-state index in [1.807, 2.05) is 13.8 Å². The monoisotopic (exact) mass is 485 g/mol. The fourth-order valence-corrected chi connectivity index (χ4v) is 5.44. The Balaban J connectivity index is 1.60. The van der Waals surface area contributed by atoms with Gasteiger partial charge in [0.25, 0.3) is 11.8 Å². The number of aromatic nitrogens is 1. The standard InChI is InChI=1S/C24H31N5O4S/c1-15-21(26-16(2)22(15)24(31)25-9-12-29-10-5-6-11-29)14-19-18-13-17(34(32,33)28(3)4)7-8-20(18)27-23(19)30/h7-8,13-14,26H,5-6,9-12H2,1-4H3,(H,25,31)(H,27,30). The molecule has 1 aromatic carbocycles. The van der Waals surface area contributed by atoms with Gasteiger partial charge in [-0.25, -0.2) is 12.7 Å². The summed E-state index contributed by atoms with van der Waals surface area (Å²) in [6.07, 6.45) is 4.10. The van der Waals surface area contributed by atoms with Crippen LogP contribution in [0, 0.1) is 13.8 Å². The van der Waals surface area contributed by atoms with Crippen molar-refractivity contribution in [2.24, 2.45) is 0 Å². The Hall–Kier alpha value is -2.95. The molecule has 0 bridgehead atoms. The Labute approximate surface area is 200 Å². The quantitative estimate of drug-likeness (QED) is 0.520. The van der Waals surface area contributed by atoms with Crippen LogP contribution in [0.4, 0.5) is 5.69 Å². The molecule has 2 aliphatic heterocycles. The maximum absolute atomic E-state index is 12.9. The van der Waals surface area contributed by atoms with E-state index in [1.165, 1.54) is 39.1 Å². The lowest BCUT2D eigenvalue weighted by atomic mass is 10.0. The van der Waals surface area contributed by atoms with E-state index >= 15 is 0 Å². The van der Waals surface area contributed by atoms with Crippen molar-refractivity contribution in [3.63, 3.8) is 0 Å². The first-order valence-electron chi connectivity index (χ1n) is 11.4. The average molecular weight is 486 g/mol. The highest BCUT2D eigenvalue weighted by atomic mass is 32.2. The van der Waals surface area contributed by atoms with Crippen molar-refractivity contribution in [2.45, 2.75) is 31.6 Å². The van der Waals surface area contributed by atoms with E-state index in [0.29, 0.717) is 40.3 Å². The number of nitrogens with one attached hydrogen (secondary N) is 3. The van der Waals surface area contributed by atoms with Gasteiger partial charge in [0.2, 0.25) is 10.0 Å². The van der Waals surface area contributed by atoms with E-state index in [-0.39, 0.29) is 16.7 Å². The van der Waals surface area contributed by atoms with Crippen molar-refractivity contribution in [1.82, 2.24) is 19.5 Å². The van der Waals surface area contributed by atoms with Gasteiger partial charge in [-0.1, -0.05) is 0 Å². The number of carbonyl (C=O) groups is 2. The number of amides is 2. The van der Waals surface area contributed by atoms with E-state index in [4.69, 9.17) is 0 Å². The minimum absolute atomic E-state index is 0.108. The zero-order valence-corrected chi connectivity index (χ0v) is 20.8. The SMILES string of the molecule is Cc1[nH]c(C=C2C(=O)Nc3ccc(S(=O)(=O)N(C)C)cc32)c(C)c1C(=O)NCCN1CCCC1. The van der Waals surface area contributed by atoms with Crippen LogP contribution in [0.1, 0.15) is 45.7 Å². The van der Waals surface area contributed by atoms with Crippen molar-refractivity contribution in [3.8, 4) is 0 Å². The van der Waals surface area contributed by atoms with Crippen LogP contribution in [0.15, 0.2) is 23.1 Å². The summed E-state index contributed by atoms with van der Waals surface area (Å²) >= 11 is 0. The van der Waals surface area contributed by atoms with Gasteiger partial charge in [-0.3, -0.25) is 9.59 Å². The second kappa shape index (κ2) is 9.36. The van der Waals surface area contributed by atoms with Crippen molar-refractivity contribution in [1.29, 1.82) is 0 Å². The molecule has 1 fully saturated rings. The molecule has 1 aromatic heterocycles. The van der Waals surface area contributed by atoms with Gasteiger partial charge in [0.1, 0.15) is 0 Å². The minimum Gasteiger partial charge on any atom is -0.358 e. The molecular weight excluding hydrogens is 454 g/mol. The predicted octanol–water partition coefficient (Wildman–Crippen LogP) is 2.20. The number of aromatic amines is 1. The number of rotatable bonds is 7.